The zero-order valence-electron chi connectivity index (χ0n) is 15.5. The first kappa shape index (κ1) is 17.3. The summed E-state index contributed by atoms with van der Waals surface area (Å²) in [6, 6.07) is 13.2. The molecule has 6 nitrogen and oxygen atoms in total. The van der Waals surface area contributed by atoms with Gasteiger partial charge in [0, 0.05) is 24.3 Å². The summed E-state index contributed by atoms with van der Waals surface area (Å²) < 4.78 is 2.00. The quantitative estimate of drug-likeness (QED) is 0.776. The van der Waals surface area contributed by atoms with Gasteiger partial charge in [-0.1, -0.05) is 12.1 Å². The smallest absolute Gasteiger partial charge is 0.252 e. The molecular formula is C21H22N4O2. The molecule has 0 radical (unpaired) electrons. The van der Waals surface area contributed by atoms with Crippen molar-refractivity contribution in [2.45, 2.75) is 26.3 Å². The van der Waals surface area contributed by atoms with Gasteiger partial charge in [-0.05, 0) is 56.2 Å². The Labute approximate surface area is 157 Å². The molecule has 27 heavy (non-hydrogen) atoms. The molecule has 2 amide bonds. The zero-order valence-corrected chi connectivity index (χ0v) is 15.5. The van der Waals surface area contributed by atoms with Gasteiger partial charge in [-0.15, -0.1) is 0 Å². The van der Waals surface area contributed by atoms with E-state index in [-0.39, 0.29) is 11.8 Å². The predicted molar refractivity (Wildman–Crippen MR) is 104 cm³/mol. The fraction of sp³-hybridized carbons (Fsp3) is 0.286. The summed E-state index contributed by atoms with van der Waals surface area (Å²) in [5.74, 6) is -0.242. The monoisotopic (exact) mass is 362 g/mol. The second-order valence-corrected chi connectivity index (χ2v) is 6.89. The van der Waals surface area contributed by atoms with Crippen LogP contribution in [-0.4, -0.2) is 45.4 Å². The molecule has 2 aromatic carbocycles. The molecule has 0 aliphatic carbocycles. The largest absolute Gasteiger partial charge is 0.341 e. The summed E-state index contributed by atoms with van der Waals surface area (Å²) in [6.45, 7) is 5.36. The number of aryl methyl sites for hydroxylation is 1. The molecule has 3 aromatic rings. The van der Waals surface area contributed by atoms with Crippen LogP contribution in [0.2, 0.25) is 0 Å². The Hall–Kier alpha value is -3.15. The summed E-state index contributed by atoms with van der Waals surface area (Å²) in [7, 11) is 0. The molecule has 1 aromatic heterocycles. The lowest BCUT2D eigenvalue weighted by Crippen LogP contribution is -2.41. The molecule has 1 saturated heterocycles. The van der Waals surface area contributed by atoms with Crippen molar-refractivity contribution < 1.29 is 9.59 Å². The van der Waals surface area contributed by atoms with Crippen molar-refractivity contribution in [2.24, 2.45) is 0 Å². The molecule has 0 bridgehead atoms. The highest BCUT2D eigenvalue weighted by molar-refractivity contribution is 6.00. The summed E-state index contributed by atoms with van der Waals surface area (Å²) in [4.78, 5) is 31.0. The third-order valence-electron chi connectivity index (χ3n) is 5.07. The topological polar surface area (TPSA) is 67.2 Å². The Morgan fingerprint density at radius 1 is 1.26 bits per heavy atom. The Bertz CT molecular complexity index is 1020. The molecule has 4 rings (SSSR count). The van der Waals surface area contributed by atoms with E-state index < -0.39 is 6.04 Å². The Balaban J connectivity index is 1.57. The van der Waals surface area contributed by atoms with Crippen LogP contribution in [-0.2, 0) is 4.79 Å². The number of nitrogens with one attached hydrogen (secondary N) is 1. The summed E-state index contributed by atoms with van der Waals surface area (Å²) in [6.07, 6.45) is 2.42. The van der Waals surface area contributed by atoms with Crippen LogP contribution in [0.15, 0.2) is 48.8 Å². The van der Waals surface area contributed by atoms with Crippen LogP contribution in [0.5, 0.6) is 0 Å². The third-order valence-corrected chi connectivity index (χ3v) is 5.07. The van der Waals surface area contributed by atoms with Crippen molar-refractivity contribution >= 4 is 22.8 Å². The van der Waals surface area contributed by atoms with Gasteiger partial charge in [0.05, 0.1) is 11.0 Å². The number of hydrogen-bond donors (Lipinski definition) is 1. The van der Waals surface area contributed by atoms with E-state index in [9.17, 15) is 9.59 Å². The summed E-state index contributed by atoms with van der Waals surface area (Å²) in [5, 5.41) is 2.86. The van der Waals surface area contributed by atoms with Crippen LogP contribution >= 0.6 is 0 Å². The maximum absolute atomic E-state index is 12.6. The molecular weight excluding hydrogens is 340 g/mol. The van der Waals surface area contributed by atoms with Gasteiger partial charge in [0.25, 0.3) is 5.91 Å². The predicted octanol–water partition coefficient (Wildman–Crippen LogP) is 2.68. The van der Waals surface area contributed by atoms with Crippen molar-refractivity contribution in [3.63, 3.8) is 0 Å². The first-order chi connectivity index (χ1) is 13.1. The lowest BCUT2D eigenvalue weighted by atomic mass is 10.1. The number of nitrogens with zero attached hydrogens (tertiary/aromatic N) is 3. The molecule has 1 atom stereocenters. The normalized spacial score (nSPS) is 16.9. The second-order valence-electron chi connectivity index (χ2n) is 6.89. The van der Waals surface area contributed by atoms with Crippen LogP contribution < -0.4 is 5.32 Å². The fourth-order valence-electron chi connectivity index (χ4n) is 3.57. The van der Waals surface area contributed by atoms with Crippen LogP contribution in [0.25, 0.3) is 16.7 Å². The van der Waals surface area contributed by atoms with E-state index >= 15 is 0 Å². The van der Waals surface area contributed by atoms with Gasteiger partial charge >= 0.3 is 0 Å². The number of fused-ring (bicyclic) bond motifs is 1. The summed E-state index contributed by atoms with van der Waals surface area (Å²) in [5.41, 5.74) is 4.40. The van der Waals surface area contributed by atoms with Gasteiger partial charge in [-0.25, -0.2) is 4.98 Å². The van der Waals surface area contributed by atoms with Crippen molar-refractivity contribution in [1.82, 2.24) is 19.8 Å². The van der Waals surface area contributed by atoms with Crippen molar-refractivity contribution in [1.29, 1.82) is 0 Å². The number of carbonyl (C=O) groups excluding carboxylic acids is 2. The van der Waals surface area contributed by atoms with E-state index in [1.165, 1.54) is 5.56 Å². The number of amides is 2. The SMILES string of the molecule is CCN1CCC(NC(=O)c2ccc3c(c2)ncn3-c2cccc(C)c2)C1=O. The van der Waals surface area contributed by atoms with Gasteiger partial charge in [0.15, 0.2) is 0 Å². The van der Waals surface area contributed by atoms with E-state index in [0.717, 1.165) is 16.7 Å². The maximum Gasteiger partial charge on any atom is 0.252 e. The van der Waals surface area contributed by atoms with E-state index in [1.54, 1.807) is 23.4 Å². The molecule has 2 heterocycles. The van der Waals surface area contributed by atoms with Gasteiger partial charge in [0.1, 0.15) is 12.4 Å². The zero-order chi connectivity index (χ0) is 19.0. The Morgan fingerprint density at radius 2 is 2.11 bits per heavy atom. The van der Waals surface area contributed by atoms with Crippen molar-refractivity contribution in [2.75, 3.05) is 13.1 Å². The highest BCUT2D eigenvalue weighted by atomic mass is 16.2. The minimum absolute atomic E-state index is 0.00402. The van der Waals surface area contributed by atoms with Gasteiger partial charge in [0.2, 0.25) is 5.91 Å². The average Bonchev–Trinajstić information content (AvgIpc) is 3.25. The lowest BCUT2D eigenvalue weighted by molar-refractivity contribution is -0.129. The van der Waals surface area contributed by atoms with Gasteiger partial charge in [-0.2, -0.15) is 0 Å². The number of imidazole rings is 1. The van der Waals surface area contributed by atoms with E-state index in [2.05, 4.69) is 29.4 Å². The first-order valence-corrected chi connectivity index (χ1v) is 9.20. The second kappa shape index (κ2) is 6.87. The van der Waals surface area contributed by atoms with Crippen molar-refractivity contribution in [3.8, 4) is 5.69 Å². The van der Waals surface area contributed by atoms with E-state index in [1.807, 2.05) is 29.7 Å². The third kappa shape index (κ3) is 3.18. The highest BCUT2D eigenvalue weighted by Crippen LogP contribution is 2.20. The minimum atomic E-state index is -0.432. The lowest BCUT2D eigenvalue weighted by Gasteiger charge is -2.14. The minimum Gasteiger partial charge on any atom is -0.341 e. The van der Waals surface area contributed by atoms with Crippen LogP contribution in [0.3, 0.4) is 0 Å². The van der Waals surface area contributed by atoms with Gasteiger partial charge in [-0.3, -0.25) is 14.2 Å². The van der Waals surface area contributed by atoms with E-state index in [0.29, 0.717) is 25.1 Å². The molecule has 0 spiro atoms. The molecule has 138 valence electrons. The molecule has 1 unspecified atom stereocenters. The standard InChI is InChI=1S/C21H22N4O2/c1-3-24-10-9-17(21(24)27)23-20(26)15-7-8-19-18(12-15)22-13-25(19)16-6-4-5-14(2)11-16/h4-8,11-13,17H,3,9-10H2,1-2H3,(H,23,26). The van der Waals surface area contributed by atoms with E-state index in [4.69, 9.17) is 0 Å². The number of benzene rings is 2. The van der Waals surface area contributed by atoms with Crippen molar-refractivity contribution in [3.05, 3.63) is 59.9 Å². The van der Waals surface area contributed by atoms with Gasteiger partial charge < -0.3 is 10.2 Å². The van der Waals surface area contributed by atoms with Crippen LogP contribution in [0, 0.1) is 6.92 Å². The average molecular weight is 362 g/mol. The Morgan fingerprint density at radius 3 is 2.85 bits per heavy atom. The number of likely N-dealkylation sites (tertiary alicyclic amines) is 1. The maximum atomic E-state index is 12.6. The number of likely N-dealkylation sites (N-methyl/N-ethyl adjacent to an activating group) is 1. The number of aromatic nitrogens is 2. The molecule has 1 fully saturated rings. The number of rotatable bonds is 4. The summed E-state index contributed by atoms with van der Waals surface area (Å²) >= 11 is 0. The first-order valence-electron chi connectivity index (χ1n) is 9.20. The molecule has 1 aliphatic heterocycles. The number of hydrogen-bond acceptors (Lipinski definition) is 3. The molecule has 6 heteroatoms. The van der Waals surface area contributed by atoms with Crippen LogP contribution in [0.1, 0.15) is 29.3 Å². The molecule has 1 aliphatic rings. The number of carbonyl (C=O) groups is 2. The fourth-order valence-corrected chi connectivity index (χ4v) is 3.57. The highest BCUT2D eigenvalue weighted by Gasteiger charge is 2.31. The molecule has 0 saturated carbocycles. The Kier molecular flexibility index (Phi) is 4.39. The molecule has 1 N–H and O–H groups in total. The van der Waals surface area contributed by atoms with Crippen LogP contribution in [0.4, 0.5) is 0 Å².